The molecule has 5 nitrogen and oxygen atoms in total. The molecule has 0 bridgehead atoms. The summed E-state index contributed by atoms with van der Waals surface area (Å²) in [6.45, 7) is 8.23. The van der Waals surface area contributed by atoms with Crippen molar-refractivity contribution in [1.82, 2.24) is 9.80 Å². The van der Waals surface area contributed by atoms with Gasteiger partial charge in [-0.25, -0.2) is 0 Å². The average molecular weight is 342 g/mol. The van der Waals surface area contributed by atoms with Crippen LogP contribution in [0, 0.1) is 0 Å². The summed E-state index contributed by atoms with van der Waals surface area (Å²) in [6.07, 6.45) is 2.98. The Hall–Kier alpha value is -0.0700. The molecule has 126 valence electrons. The first-order chi connectivity index (χ1) is 9.13. The Labute approximate surface area is 140 Å². The Morgan fingerprint density at radius 2 is 2.05 bits per heavy atom. The molecular weight excluding hydrogens is 313 g/mol. The van der Waals surface area contributed by atoms with Gasteiger partial charge in [0.15, 0.2) is 0 Å². The molecule has 0 aromatic carbocycles. The molecule has 2 N–H and O–H groups in total. The normalized spacial score (nSPS) is 28.2. The zero-order chi connectivity index (χ0) is 13.8. The minimum Gasteiger partial charge on any atom is -0.366 e. The molecule has 7 heteroatoms. The Kier molecular flexibility index (Phi) is 9.81. The summed E-state index contributed by atoms with van der Waals surface area (Å²) in [5.74, 6) is 0.139. The second kappa shape index (κ2) is 9.85. The van der Waals surface area contributed by atoms with Crippen molar-refractivity contribution in [1.29, 1.82) is 0 Å². The second-order valence-corrected chi connectivity index (χ2v) is 5.71. The zero-order valence-electron chi connectivity index (χ0n) is 13.0. The van der Waals surface area contributed by atoms with E-state index in [4.69, 9.17) is 10.5 Å². The first-order valence-corrected chi connectivity index (χ1v) is 7.53. The third kappa shape index (κ3) is 5.25. The molecule has 2 heterocycles. The summed E-state index contributed by atoms with van der Waals surface area (Å²) in [6, 6.07) is 0.219. The smallest absolute Gasteiger partial charge is 0.253 e. The molecule has 2 aliphatic heterocycles. The lowest BCUT2D eigenvalue weighted by atomic mass is 9.96. The molecule has 0 aliphatic carbocycles. The number of carbonyl (C=O) groups excluding carboxylic acids is 1. The number of hydrogen-bond acceptors (Lipinski definition) is 4. The average Bonchev–Trinajstić information content (AvgIpc) is 2.46. The molecule has 2 aliphatic rings. The van der Waals surface area contributed by atoms with E-state index in [0.717, 1.165) is 39.0 Å². The van der Waals surface area contributed by atoms with Crippen LogP contribution in [0.5, 0.6) is 0 Å². The molecule has 3 unspecified atom stereocenters. The molecule has 0 aromatic heterocycles. The summed E-state index contributed by atoms with van der Waals surface area (Å²) in [5.41, 5.74) is 6.03. The summed E-state index contributed by atoms with van der Waals surface area (Å²) >= 11 is 0. The van der Waals surface area contributed by atoms with Crippen molar-refractivity contribution >= 4 is 30.7 Å². The maximum absolute atomic E-state index is 12.6. The highest BCUT2D eigenvalue weighted by Crippen LogP contribution is 2.21. The number of nitrogens with zero attached hydrogens (tertiary/aromatic N) is 2. The van der Waals surface area contributed by atoms with Crippen molar-refractivity contribution in [2.75, 3.05) is 32.8 Å². The molecule has 0 saturated carbocycles. The third-order valence-electron chi connectivity index (χ3n) is 4.31. The number of likely N-dealkylation sites (N-methyl/N-ethyl adjacent to an activating group) is 1. The molecule has 2 fully saturated rings. The molecule has 0 aromatic rings. The summed E-state index contributed by atoms with van der Waals surface area (Å²) in [4.78, 5) is 16.9. The topological polar surface area (TPSA) is 58.8 Å². The highest BCUT2D eigenvalue weighted by atomic mass is 35.5. The van der Waals surface area contributed by atoms with Gasteiger partial charge in [-0.05, 0) is 32.7 Å². The van der Waals surface area contributed by atoms with Crippen molar-refractivity contribution in [2.24, 2.45) is 5.73 Å². The van der Waals surface area contributed by atoms with E-state index in [1.54, 1.807) is 0 Å². The van der Waals surface area contributed by atoms with Crippen LogP contribution in [0.3, 0.4) is 0 Å². The lowest BCUT2D eigenvalue weighted by molar-refractivity contribution is -0.153. The van der Waals surface area contributed by atoms with Crippen LogP contribution >= 0.6 is 24.8 Å². The fraction of sp³-hybridized carbons (Fsp3) is 0.929. The molecule has 0 radical (unpaired) electrons. The van der Waals surface area contributed by atoms with Crippen molar-refractivity contribution in [2.45, 2.75) is 51.3 Å². The van der Waals surface area contributed by atoms with Crippen LogP contribution in [0.1, 0.15) is 33.1 Å². The van der Waals surface area contributed by atoms with Gasteiger partial charge in [0.1, 0.15) is 6.10 Å². The van der Waals surface area contributed by atoms with Gasteiger partial charge >= 0.3 is 0 Å². The lowest BCUT2D eigenvalue weighted by Gasteiger charge is -2.41. The Balaban J connectivity index is 0.00000200. The van der Waals surface area contributed by atoms with Gasteiger partial charge in [0.2, 0.25) is 0 Å². The predicted molar refractivity (Wildman–Crippen MR) is 89.4 cm³/mol. The molecular formula is C14H29Cl2N3O2. The summed E-state index contributed by atoms with van der Waals surface area (Å²) in [7, 11) is 0. The van der Waals surface area contributed by atoms with Crippen LogP contribution in [-0.2, 0) is 9.53 Å². The second-order valence-electron chi connectivity index (χ2n) is 5.71. The standard InChI is InChI=1S/C14H27N3O2.2ClH/c1-3-16-8-9-19-13(10-16)14(18)17-7-5-4-6-12(17)11(2)15;;/h11-13H,3-10,15H2,1-2H3;2*1H. The number of hydrogen-bond donors (Lipinski definition) is 1. The fourth-order valence-electron chi connectivity index (χ4n) is 3.10. The van der Waals surface area contributed by atoms with Gasteiger partial charge in [0.25, 0.3) is 5.91 Å². The third-order valence-corrected chi connectivity index (χ3v) is 4.31. The van der Waals surface area contributed by atoms with Gasteiger partial charge in [-0.2, -0.15) is 0 Å². The van der Waals surface area contributed by atoms with Crippen LogP contribution in [0.2, 0.25) is 0 Å². The Morgan fingerprint density at radius 3 is 2.67 bits per heavy atom. The van der Waals surface area contributed by atoms with E-state index in [1.807, 2.05) is 11.8 Å². The molecule has 2 saturated heterocycles. The number of amides is 1. The van der Waals surface area contributed by atoms with E-state index >= 15 is 0 Å². The van der Waals surface area contributed by atoms with Crippen molar-refractivity contribution < 1.29 is 9.53 Å². The highest BCUT2D eigenvalue weighted by molar-refractivity contribution is 5.85. The van der Waals surface area contributed by atoms with Gasteiger partial charge in [0.05, 0.1) is 6.61 Å². The zero-order valence-corrected chi connectivity index (χ0v) is 14.6. The van der Waals surface area contributed by atoms with Crippen molar-refractivity contribution in [3.63, 3.8) is 0 Å². The molecule has 1 amide bonds. The van der Waals surface area contributed by atoms with Gasteiger partial charge in [-0.1, -0.05) is 6.92 Å². The molecule has 3 atom stereocenters. The molecule has 21 heavy (non-hydrogen) atoms. The van der Waals surface area contributed by atoms with Crippen molar-refractivity contribution in [3.8, 4) is 0 Å². The highest BCUT2D eigenvalue weighted by Gasteiger charge is 2.35. The van der Waals surface area contributed by atoms with Crippen molar-refractivity contribution in [3.05, 3.63) is 0 Å². The summed E-state index contributed by atoms with van der Waals surface area (Å²) in [5, 5.41) is 0. The van der Waals surface area contributed by atoms with E-state index in [0.29, 0.717) is 6.61 Å². The molecule has 2 rings (SSSR count). The lowest BCUT2D eigenvalue weighted by Crippen LogP contribution is -2.57. The molecule has 0 spiro atoms. The van der Waals surface area contributed by atoms with Crippen LogP contribution < -0.4 is 5.73 Å². The van der Waals surface area contributed by atoms with Crippen LogP contribution in [0.15, 0.2) is 0 Å². The fourth-order valence-corrected chi connectivity index (χ4v) is 3.10. The maximum Gasteiger partial charge on any atom is 0.253 e. The minimum absolute atomic E-state index is 0. The quantitative estimate of drug-likeness (QED) is 0.839. The number of ether oxygens (including phenoxy) is 1. The number of halogens is 2. The van der Waals surface area contributed by atoms with E-state index in [2.05, 4.69) is 11.8 Å². The number of carbonyl (C=O) groups is 1. The van der Waals surface area contributed by atoms with Crippen LogP contribution in [0.4, 0.5) is 0 Å². The van der Waals surface area contributed by atoms with E-state index in [-0.39, 0.29) is 48.9 Å². The Morgan fingerprint density at radius 1 is 1.33 bits per heavy atom. The number of likely N-dealkylation sites (tertiary alicyclic amines) is 1. The first-order valence-electron chi connectivity index (χ1n) is 7.53. The Bertz CT molecular complexity index is 319. The largest absolute Gasteiger partial charge is 0.366 e. The van der Waals surface area contributed by atoms with E-state index in [1.165, 1.54) is 6.42 Å². The number of nitrogens with two attached hydrogens (primary N) is 1. The van der Waals surface area contributed by atoms with E-state index < -0.39 is 0 Å². The minimum atomic E-state index is -0.298. The van der Waals surface area contributed by atoms with Gasteiger partial charge in [-0.3, -0.25) is 9.69 Å². The first kappa shape index (κ1) is 20.9. The van der Waals surface area contributed by atoms with Gasteiger partial charge in [0, 0.05) is 31.7 Å². The number of piperidine rings is 1. The monoisotopic (exact) mass is 341 g/mol. The maximum atomic E-state index is 12.6. The predicted octanol–water partition coefficient (Wildman–Crippen LogP) is 1.28. The van der Waals surface area contributed by atoms with E-state index in [9.17, 15) is 4.79 Å². The SMILES string of the molecule is CCN1CCOC(C(=O)N2CCCCC2C(C)N)C1.Cl.Cl. The van der Waals surface area contributed by atoms with Gasteiger partial charge in [-0.15, -0.1) is 24.8 Å². The summed E-state index contributed by atoms with van der Waals surface area (Å²) < 4.78 is 5.68. The van der Waals surface area contributed by atoms with Crippen LogP contribution in [0.25, 0.3) is 0 Å². The number of morpholine rings is 1. The van der Waals surface area contributed by atoms with Gasteiger partial charge < -0.3 is 15.4 Å². The number of rotatable bonds is 3. The van der Waals surface area contributed by atoms with Crippen LogP contribution in [-0.4, -0.2) is 66.7 Å².